The van der Waals surface area contributed by atoms with Crippen LogP contribution in [-0.4, -0.2) is 102 Å². The summed E-state index contributed by atoms with van der Waals surface area (Å²) in [6.45, 7) is 15.4. The molecule has 1 saturated heterocycles. The van der Waals surface area contributed by atoms with Gasteiger partial charge in [-0.1, -0.05) is 91.6 Å². The van der Waals surface area contributed by atoms with Gasteiger partial charge in [0, 0.05) is 61.8 Å². The van der Waals surface area contributed by atoms with E-state index in [-0.39, 0.29) is 24.3 Å². The number of likely N-dealkylation sites (N-methyl/N-ethyl adjacent to an activating group) is 1. The van der Waals surface area contributed by atoms with Crippen molar-refractivity contribution in [3.05, 3.63) is 105 Å². The van der Waals surface area contributed by atoms with Gasteiger partial charge < -0.3 is 24.8 Å². The average Bonchev–Trinajstić information content (AvgIpc) is 3.12. The molecule has 9 nitrogen and oxygen atoms in total. The summed E-state index contributed by atoms with van der Waals surface area (Å²) in [6, 6.07) is 22.0. The Kier molecular flexibility index (Phi) is 13.6. The number of ether oxygens (including phenoxy) is 1. The third-order valence-corrected chi connectivity index (χ3v) is 10.7. The standard InChI is InChI=1S/C41H53Cl2N5O4/c1-6-45(7-2)28-37(33-14-10-11-15-34(33)43)46-22-24-47(25-23-46)39(50)35(26-29-16-18-31(42)19-17-29)44-38(49)27-36-32-13-9-8-12-30(32)20-21-48(36)40(51)52-41(3,4)5/h8-19,35-37H,6-7,20-28H2,1-5H3,(H,44,49)/t35-,36+,37?/m1/s1. The molecule has 2 aliphatic heterocycles. The van der Waals surface area contributed by atoms with Crippen molar-refractivity contribution in [2.75, 3.05) is 52.4 Å². The Balaban J connectivity index is 1.33. The number of halogens is 2. The number of benzene rings is 3. The number of fused-ring (bicyclic) bond motifs is 1. The van der Waals surface area contributed by atoms with Crippen molar-refractivity contribution in [2.45, 2.75) is 77.6 Å². The van der Waals surface area contributed by atoms with E-state index in [0.717, 1.165) is 46.9 Å². The highest BCUT2D eigenvalue weighted by Crippen LogP contribution is 2.34. The second-order valence-electron chi connectivity index (χ2n) is 14.7. The van der Waals surface area contributed by atoms with Gasteiger partial charge in [-0.3, -0.25) is 14.5 Å². The van der Waals surface area contributed by atoms with E-state index in [1.54, 1.807) is 17.0 Å². The number of hydrogen-bond acceptors (Lipinski definition) is 6. The topological polar surface area (TPSA) is 85.4 Å². The second kappa shape index (κ2) is 17.9. The predicted octanol–water partition coefficient (Wildman–Crippen LogP) is 7.17. The molecule has 2 heterocycles. The van der Waals surface area contributed by atoms with Crippen molar-refractivity contribution < 1.29 is 19.1 Å². The quantitative estimate of drug-likeness (QED) is 0.212. The minimum absolute atomic E-state index is 0.000691. The van der Waals surface area contributed by atoms with Gasteiger partial charge in [-0.2, -0.15) is 0 Å². The highest BCUT2D eigenvalue weighted by atomic mass is 35.5. The van der Waals surface area contributed by atoms with Crippen molar-refractivity contribution in [3.8, 4) is 0 Å². The molecule has 1 unspecified atom stereocenters. The van der Waals surface area contributed by atoms with Crippen LogP contribution in [0.15, 0.2) is 72.8 Å². The molecule has 3 aromatic rings. The number of piperazine rings is 1. The van der Waals surface area contributed by atoms with Gasteiger partial charge in [0.05, 0.1) is 12.5 Å². The number of nitrogens with one attached hydrogen (secondary N) is 1. The first-order chi connectivity index (χ1) is 24.9. The normalized spacial score (nSPS) is 17.7. The van der Waals surface area contributed by atoms with Crippen LogP contribution < -0.4 is 5.32 Å². The number of carbonyl (C=O) groups is 3. The van der Waals surface area contributed by atoms with Gasteiger partial charge in [0.1, 0.15) is 11.6 Å². The average molecular weight is 751 g/mol. The van der Waals surface area contributed by atoms with E-state index in [4.69, 9.17) is 27.9 Å². The fourth-order valence-electron chi connectivity index (χ4n) is 7.25. The summed E-state index contributed by atoms with van der Waals surface area (Å²) in [4.78, 5) is 50.1. The minimum Gasteiger partial charge on any atom is -0.444 e. The van der Waals surface area contributed by atoms with E-state index in [1.165, 1.54) is 0 Å². The number of rotatable bonds is 12. The van der Waals surface area contributed by atoms with Crippen LogP contribution in [0.3, 0.4) is 0 Å². The summed E-state index contributed by atoms with van der Waals surface area (Å²) in [5.74, 6) is -0.437. The lowest BCUT2D eigenvalue weighted by Gasteiger charge is -2.42. The van der Waals surface area contributed by atoms with E-state index >= 15 is 0 Å². The maximum absolute atomic E-state index is 14.3. The van der Waals surface area contributed by atoms with E-state index in [9.17, 15) is 14.4 Å². The lowest BCUT2D eigenvalue weighted by molar-refractivity contribution is -0.138. The molecular formula is C41H53Cl2N5O4. The van der Waals surface area contributed by atoms with Crippen LogP contribution in [-0.2, 0) is 27.2 Å². The first kappa shape index (κ1) is 39.6. The predicted molar refractivity (Wildman–Crippen MR) is 208 cm³/mol. The van der Waals surface area contributed by atoms with Gasteiger partial charge in [-0.05, 0) is 80.7 Å². The van der Waals surface area contributed by atoms with Gasteiger partial charge in [-0.25, -0.2) is 4.79 Å². The molecular weight excluding hydrogens is 697 g/mol. The summed E-state index contributed by atoms with van der Waals surface area (Å²) in [5, 5.41) is 4.44. The van der Waals surface area contributed by atoms with Gasteiger partial charge in [0.2, 0.25) is 11.8 Å². The number of amides is 3. The summed E-state index contributed by atoms with van der Waals surface area (Å²) >= 11 is 12.9. The summed E-state index contributed by atoms with van der Waals surface area (Å²) < 4.78 is 5.76. The van der Waals surface area contributed by atoms with E-state index in [0.29, 0.717) is 50.6 Å². The zero-order chi connectivity index (χ0) is 37.4. The van der Waals surface area contributed by atoms with Crippen LogP contribution in [0.1, 0.15) is 75.4 Å². The molecule has 11 heteroatoms. The van der Waals surface area contributed by atoms with E-state index < -0.39 is 23.8 Å². The Morgan fingerprint density at radius 3 is 2.19 bits per heavy atom. The Bertz CT molecular complexity index is 1670. The molecule has 3 atom stereocenters. The summed E-state index contributed by atoms with van der Waals surface area (Å²) in [6.07, 6.45) is 0.522. The van der Waals surface area contributed by atoms with Crippen LogP contribution in [0.2, 0.25) is 10.0 Å². The van der Waals surface area contributed by atoms with Crippen LogP contribution in [0.25, 0.3) is 0 Å². The van der Waals surface area contributed by atoms with Gasteiger partial charge >= 0.3 is 6.09 Å². The molecule has 280 valence electrons. The van der Waals surface area contributed by atoms with E-state index in [2.05, 4.69) is 35.0 Å². The largest absolute Gasteiger partial charge is 0.444 e. The zero-order valence-electron chi connectivity index (χ0n) is 31.1. The smallest absolute Gasteiger partial charge is 0.410 e. The molecule has 0 radical (unpaired) electrons. The van der Waals surface area contributed by atoms with Crippen molar-refractivity contribution in [1.82, 2.24) is 24.9 Å². The van der Waals surface area contributed by atoms with Crippen molar-refractivity contribution in [1.29, 1.82) is 0 Å². The first-order valence-electron chi connectivity index (χ1n) is 18.5. The highest BCUT2D eigenvalue weighted by molar-refractivity contribution is 6.31. The second-order valence-corrected chi connectivity index (χ2v) is 15.5. The summed E-state index contributed by atoms with van der Waals surface area (Å²) in [5.41, 5.74) is 3.32. The monoisotopic (exact) mass is 749 g/mol. The van der Waals surface area contributed by atoms with Crippen LogP contribution in [0.4, 0.5) is 4.79 Å². The Hall–Kier alpha value is -3.63. The molecule has 5 rings (SSSR count). The van der Waals surface area contributed by atoms with Gasteiger partial charge in [0.15, 0.2) is 0 Å². The number of hydrogen-bond donors (Lipinski definition) is 1. The third-order valence-electron chi connectivity index (χ3n) is 10.1. The molecule has 3 aromatic carbocycles. The molecule has 3 amide bonds. The first-order valence-corrected chi connectivity index (χ1v) is 19.2. The lowest BCUT2D eigenvalue weighted by atomic mass is 9.90. The Morgan fingerprint density at radius 2 is 1.54 bits per heavy atom. The summed E-state index contributed by atoms with van der Waals surface area (Å²) in [7, 11) is 0. The fraction of sp³-hybridized carbons (Fsp3) is 0.488. The molecule has 2 aliphatic rings. The molecule has 52 heavy (non-hydrogen) atoms. The number of nitrogens with zero attached hydrogens (tertiary/aromatic N) is 4. The molecule has 0 spiro atoms. The third kappa shape index (κ3) is 10.3. The molecule has 1 fully saturated rings. The van der Waals surface area contributed by atoms with Crippen LogP contribution >= 0.6 is 23.2 Å². The molecule has 0 aromatic heterocycles. The minimum atomic E-state index is -0.802. The fourth-order valence-corrected chi connectivity index (χ4v) is 7.64. The van der Waals surface area contributed by atoms with Gasteiger partial charge in [0.25, 0.3) is 0 Å². The maximum Gasteiger partial charge on any atom is 0.410 e. The van der Waals surface area contributed by atoms with Crippen molar-refractivity contribution in [3.63, 3.8) is 0 Å². The molecule has 1 N–H and O–H groups in total. The molecule has 0 bridgehead atoms. The lowest BCUT2D eigenvalue weighted by Crippen LogP contribution is -2.56. The maximum atomic E-state index is 14.3. The molecule has 0 saturated carbocycles. The highest BCUT2D eigenvalue weighted by Gasteiger charge is 2.37. The van der Waals surface area contributed by atoms with Crippen LogP contribution in [0.5, 0.6) is 0 Å². The van der Waals surface area contributed by atoms with Gasteiger partial charge in [-0.15, -0.1) is 0 Å². The van der Waals surface area contributed by atoms with Crippen molar-refractivity contribution in [2.24, 2.45) is 0 Å². The van der Waals surface area contributed by atoms with Crippen molar-refractivity contribution >= 4 is 41.1 Å². The SMILES string of the molecule is CCN(CC)CC(c1ccccc1Cl)N1CCN(C(=O)[C@@H](Cc2ccc(Cl)cc2)NC(=O)C[C@H]2c3ccccc3CCN2C(=O)OC(C)(C)C)CC1. The van der Waals surface area contributed by atoms with E-state index in [1.807, 2.05) is 80.3 Å². The zero-order valence-corrected chi connectivity index (χ0v) is 32.6. The molecule has 0 aliphatic carbocycles. The number of carbonyl (C=O) groups excluding carboxylic acids is 3. The Labute approximate surface area is 319 Å². The Morgan fingerprint density at radius 1 is 0.885 bits per heavy atom. The van der Waals surface area contributed by atoms with Crippen LogP contribution in [0, 0.1) is 0 Å².